The van der Waals surface area contributed by atoms with Gasteiger partial charge in [0.25, 0.3) is 5.91 Å². The lowest BCUT2D eigenvalue weighted by Gasteiger charge is -2.46. The number of carbonyl (C=O) groups excluding carboxylic acids is 3. The zero-order chi connectivity index (χ0) is 27.6. The first-order valence-corrected chi connectivity index (χ1v) is 11.9. The number of nitrogens with two attached hydrogens (primary N) is 1. The molecular weight excluding hydrogens is 510 g/mol. The first-order chi connectivity index (χ1) is 18.7. The quantitative estimate of drug-likeness (QED) is 0.394. The van der Waals surface area contributed by atoms with Crippen LogP contribution in [0.4, 0.5) is 5.69 Å². The van der Waals surface area contributed by atoms with E-state index in [1.807, 2.05) is 0 Å². The van der Waals surface area contributed by atoms with Crippen molar-refractivity contribution in [2.24, 2.45) is 27.9 Å². The molecule has 1 unspecified atom stereocenters. The highest BCUT2D eigenvalue weighted by atomic mass is 16.7. The molecule has 6 rings (SSSR count). The molecule has 0 saturated heterocycles. The fourth-order valence-electron chi connectivity index (χ4n) is 6.02. The van der Waals surface area contributed by atoms with Crippen LogP contribution in [0.2, 0.25) is 0 Å². The van der Waals surface area contributed by atoms with Crippen molar-refractivity contribution in [3.05, 3.63) is 79.7 Å². The Balaban J connectivity index is 1.60. The van der Waals surface area contributed by atoms with E-state index in [0.29, 0.717) is 28.2 Å². The molecule has 1 amide bonds. The van der Waals surface area contributed by atoms with E-state index in [0.717, 1.165) is 0 Å². The van der Waals surface area contributed by atoms with Crippen molar-refractivity contribution in [3.8, 4) is 11.5 Å². The number of ether oxygens (including phenoxy) is 2. The smallest absolute Gasteiger partial charge is 0.254 e. The molecule has 196 valence electrons. The van der Waals surface area contributed by atoms with Crippen LogP contribution >= 0.6 is 0 Å². The van der Waals surface area contributed by atoms with Gasteiger partial charge in [0.1, 0.15) is 22.7 Å². The molecular formula is C27H19N3O9. The molecule has 4 N–H and O–H groups in total. The molecule has 2 aromatic carbocycles. The number of rotatable bonds is 4. The van der Waals surface area contributed by atoms with E-state index in [1.54, 1.807) is 36.4 Å². The number of carbonyl (C=O) groups is 3. The number of aliphatic hydroxyl groups is 2. The first kappa shape index (κ1) is 24.4. The molecule has 39 heavy (non-hydrogen) atoms. The first-order valence-electron chi connectivity index (χ1n) is 11.9. The average molecular weight is 529 g/mol. The van der Waals surface area contributed by atoms with Crippen LogP contribution < -0.4 is 15.2 Å². The molecule has 4 aliphatic rings. The van der Waals surface area contributed by atoms with E-state index in [2.05, 4.69) is 10.4 Å². The van der Waals surface area contributed by atoms with Crippen LogP contribution in [0, 0.1) is 21.6 Å². The third-order valence-electron chi connectivity index (χ3n) is 7.73. The van der Waals surface area contributed by atoms with Crippen molar-refractivity contribution in [2.75, 3.05) is 6.79 Å². The maximum Gasteiger partial charge on any atom is 0.254 e. The van der Waals surface area contributed by atoms with Crippen molar-refractivity contribution < 1.29 is 34.1 Å². The van der Waals surface area contributed by atoms with Crippen LogP contribution in [-0.2, 0) is 14.4 Å². The molecule has 2 aromatic rings. The Labute approximate surface area is 219 Å². The van der Waals surface area contributed by atoms with Gasteiger partial charge in [0.15, 0.2) is 22.9 Å². The second-order valence-electron chi connectivity index (χ2n) is 9.65. The van der Waals surface area contributed by atoms with E-state index >= 15 is 0 Å². The predicted molar refractivity (Wildman–Crippen MR) is 135 cm³/mol. The summed E-state index contributed by atoms with van der Waals surface area (Å²) >= 11 is 0. The SMILES string of the molecule is NC(=O)C1=C(N=O)C2(O)C(=O)C3=C(O)c4c(N=O)cccc4/C(=C\c4ccc5c(c4)OCO5)[C@H]3C[C@H]2CC1=O. The Morgan fingerprint density at radius 1 is 1.10 bits per heavy atom. The van der Waals surface area contributed by atoms with Crippen molar-refractivity contribution >= 4 is 40.6 Å². The lowest BCUT2D eigenvalue weighted by molar-refractivity contribution is -0.142. The molecule has 12 nitrogen and oxygen atoms in total. The van der Waals surface area contributed by atoms with Crippen molar-refractivity contribution in [1.82, 2.24) is 0 Å². The number of allylic oxidation sites excluding steroid dienone is 1. The van der Waals surface area contributed by atoms with Crippen LogP contribution in [0.25, 0.3) is 17.4 Å². The van der Waals surface area contributed by atoms with Crippen molar-refractivity contribution in [2.45, 2.75) is 18.4 Å². The van der Waals surface area contributed by atoms with Crippen LogP contribution in [0.5, 0.6) is 11.5 Å². The highest BCUT2D eigenvalue weighted by Gasteiger charge is 2.61. The van der Waals surface area contributed by atoms with Gasteiger partial charge in [0.2, 0.25) is 12.6 Å². The number of hydrogen-bond acceptors (Lipinski definition) is 11. The molecule has 1 fully saturated rings. The van der Waals surface area contributed by atoms with Gasteiger partial charge in [0.05, 0.1) is 5.56 Å². The largest absolute Gasteiger partial charge is 0.507 e. The maximum atomic E-state index is 14.0. The molecule has 0 aromatic heterocycles. The van der Waals surface area contributed by atoms with Crippen LogP contribution in [0.15, 0.2) is 63.6 Å². The van der Waals surface area contributed by atoms with E-state index in [9.17, 15) is 34.4 Å². The maximum absolute atomic E-state index is 14.0. The van der Waals surface area contributed by atoms with Gasteiger partial charge in [-0.05, 0) is 51.7 Å². The number of primary amides is 1. The van der Waals surface area contributed by atoms with Gasteiger partial charge >= 0.3 is 0 Å². The summed E-state index contributed by atoms with van der Waals surface area (Å²) in [7, 11) is 0. The molecule has 1 saturated carbocycles. The lowest BCUT2D eigenvalue weighted by atomic mass is 9.57. The van der Waals surface area contributed by atoms with Crippen LogP contribution in [-0.4, -0.2) is 40.1 Å². The Morgan fingerprint density at radius 2 is 1.87 bits per heavy atom. The van der Waals surface area contributed by atoms with Crippen molar-refractivity contribution in [3.63, 3.8) is 0 Å². The number of nitroso groups, excluding NO2 is 2. The van der Waals surface area contributed by atoms with Gasteiger partial charge in [-0.15, -0.1) is 9.81 Å². The van der Waals surface area contributed by atoms with E-state index in [1.165, 1.54) is 6.07 Å². The molecule has 1 heterocycles. The molecule has 3 aliphatic carbocycles. The number of aliphatic hydroxyl groups excluding tert-OH is 1. The third kappa shape index (κ3) is 3.31. The van der Waals surface area contributed by atoms with Gasteiger partial charge in [-0.3, -0.25) is 14.4 Å². The minimum absolute atomic E-state index is 0.0345. The van der Waals surface area contributed by atoms with E-state index in [-0.39, 0.29) is 30.0 Å². The van der Waals surface area contributed by atoms with E-state index < -0.39 is 58.4 Å². The molecule has 3 atom stereocenters. The van der Waals surface area contributed by atoms with Gasteiger partial charge in [-0.1, -0.05) is 24.3 Å². The number of hydrogen-bond donors (Lipinski definition) is 3. The number of Topliss-reactive ketones (excluding diaryl/α,β-unsaturated/α-hetero) is 2. The number of ketones is 2. The van der Waals surface area contributed by atoms with Gasteiger partial charge in [-0.2, -0.15) is 0 Å². The topological polar surface area (TPSA) is 195 Å². The third-order valence-corrected chi connectivity index (χ3v) is 7.73. The summed E-state index contributed by atoms with van der Waals surface area (Å²) in [6.45, 7) is 0.0621. The Morgan fingerprint density at radius 3 is 2.59 bits per heavy atom. The summed E-state index contributed by atoms with van der Waals surface area (Å²) in [5.74, 6) is -4.81. The fraction of sp³-hybridized carbons (Fsp3) is 0.222. The molecule has 0 bridgehead atoms. The van der Waals surface area contributed by atoms with Gasteiger partial charge in [0, 0.05) is 23.8 Å². The monoisotopic (exact) mass is 529 g/mol. The normalized spacial score (nSPS) is 26.2. The number of amides is 1. The summed E-state index contributed by atoms with van der Waals surface area (Å²) in [5, 5.41) is 28.7. The summed E-state index contributed by atoms with van der Waals surface area (Å²) < 4.78 is 10.8. The molecule has 0 spiro atoms. The predicted octanol–water partition coefficient (Wildman–Crippen LogP) is 3.05. The lowest BCUT2D eigenvalue weighted by Crippen LogP contribution is -2.57. The van der Waals surface area contributed by atoms with Gasteiger partial charge in [-0.25, -0.2) is 0 Å². The number of benzene rings is 2. The van der Waals surface area contributed by atoms with Crippen LogP contribution in [0.3, 0.4) is 0 Å². The number of fused-ring (bicyclic) bond motifs is 4. The Hall–Kier alpha value is -4.97. The van der Waals surface area contributed by atoms with E-state index in [4.69, 9.17) is 15.2 Å². The molecule has 0 radical (unpaired) electrons. The van der Waals surface area contributed by atoms with Crippen molar-refractivity contribution in [1.29, 1.82) is 0 Å². The Bertz CT molecular complexity index is 1640. The molecule has 1 aliphatic heterocycles. The zero-order valence-corrected chi connectivity index (χ0v) is 20.0. The molecule has 12 heteroatoms. The summed E-state index contributed by atoms with van der Waals surface area (Å²) in [4.78, 5) is 62.2. The highest BCUT2D eigenvalue weighted by molar-refractivity contribution is 6.24. The second kappa shape index (κ2) is 8.53. The second-order valence-corrected chi connectivity index (χ2v) is 9.65. The number of nitrogens with zero attached hydrogens (tertiary/aromatic N) is 2. The Kier molecular flexibility index (Phi) is 5.33. The minimum atomic E-state index is -2.69. The highest BCUT2D eigenvalue weighted by Crippen LogP contribution is 2.56. The zero-order valence-electron chi connectivity index (χ0n) is 20.0. The van der Waals surface area contributed by atoms with Gasteiger partial charge < -0.3 is 25.4 Å². The summed E-state index contributed by atoms with van der Waals surface area (Å²) in [6, 6.07) is 9.75. The van der Waals surface area contributed by atoms with Crippen LogP contribution in [0.1, 0.15) is 29.5 Å². The minimum Gasteiger partial charge on any atom is -0.507 e. The standard InChI is InChI=1S/C27H19N3O9/c28-26(34)22-17(31)9-12-8-15-14(6-11-4-5-18-19(7-11)39-10-38-18)13-2-1-3-16(29-36)20(13)23(32)21(15)25(33)27(12,35)24(22)30-37/h1-7,12,15,32,35H,8-10H2,(H2,28,34)/b14-6+/t12-,15+,27?/m0/s1. The fourth-order valence-corrected chi connectivity index (χ4v) is 6.02. The summed E-state index contributed by atoms with van der Waals surface area (Å²) in [5.41, 5.74) is 1.82. The summed E-state index contributed by atoms with van der Waals surface area (Å²) in [6.07, 6.45) is 1.20. The average Bonchev–Trinajstić information content (AvgIpc) is 3.39.